The van der Waals surface area contributed by atoms with Gasteiger partial charge in [-0.05, 0) is 17.7 Å². The van der Waals surface area contributed by atoms with Crippen LogP contribution in [0.15, 0.2) is 40.1 Å². The minimum Gasteiger partial charge on any atom is -0.497 e. The van der Waals surface area contributed by atoms with E-state index in [4.69, 9.17) is 9.47 Å². The molecule has 1 unspecified atom stereocenters. The summed E-state index contributed by atoms with van der Waals surface area (Å²) in [5.41, 5.74) is -5.19. The first-order valence-electron chi connectivity index (χ1n) is 9.96. The van der Waals surface area contributed by atoms with Gasteiger partial charge in [0.15, 0.2) is 0 Å². The number of aliphatic hydroxyl groups excluding tert-OH is 2. The van der Waals surface area contributed by atoms with Crippen molar-refractivity contribution in [3.63, 3.8) is 0 Å². The van der Waals surface area contributed by atoms with E-state index in [-0.39, 0.29) is 10.6 Å². The zero-order valence-corrected chi connectivity index (χ0v) is 17.9. The third kappa shape index (κ3) is 4.08. The van der Waals surface area contributed by atoms with Crippen LogP contribution < -0.4 is 16.0 Å². The number of nitrogens with one attached hydrogen (secondary N) is 1. The van der Waals surface area contributed by atoms with Crippen LogP contribution in [0, 0.1) is 0 Å². The Morgan fingerprint density at radius 3 is 2.48 bits per heavy atom. The highest BCUT2D eigenvalue weighted by molar-refractivity contribution is 5.27. The number of aromatic nitrogens is 2. The summed E-state index contributed by atoms with van der Waals surface area (Å²) in [6, 6.07) is 6.19. The lowest BCUT2D eigenvalue weighted by Crippen LogP contribution is -2.68. The number of rotatable bonds is 8. The van der Waals surface area contributed by atoms with Crippen LogP contribution in [-0.4, -0.2) is 78.6 Å². The molecule has 1 aliphatic rings. The molecule has 0 spiro atoms. The number of H-pyrrole nitrogens is 1. The van der Waals surface area contributed by atoms with Crippen LogP contribution in [0.25, 0.3) is 0 Å². The van der Waals surface area contributed by atoms with Crippen molar-refractivity contribution in [2.45, 2.75) is 43.2 Å². The van der Waals surface area contributed by atoms with E-state index in [1.54, 1.807) is 12.1 Å². The standard InChI is InChI=1S/C20H26FN3O9/c1-11(7-21)14-9-23(18(28)22-17(14)27)20(30)19(29,16(26)15(10-25)33-20)24(31)8-12-3-5-13(32-2)6-4-12/h3-6,9,11,15-16,25-26,29-31H,7-8,10H2,1-2H3,(H,22,27,28)/t11?,15-,16-,19-,20-/m1/s1. The van der Waals surface area contributed by atoms with E-state index in [0.717, 1.165) is 6.20 Å². The molecule has 1 aromatic heterocycles. The summed E-state index contributed by atoms with van der Waals surface area (Å²) in [6.45, 7) is -1.02. The molecule has 0 amide bonds. The molecule has 0 saturated carbocycles. The van der Waals surface area contributed by atoms with Gasteiger partial charge in [-0.15, -0.1) is 5.06 Å². The van der Waals surface area contributed by atoms with Gasteiger partial charge in [-0.25, -0.2) is 9.36 Å². The van der Waals surface area contributed by atoms with Crippen LogP contribution in [0.5, 0.6) is 5.75 Å². The number of nitrogens with zero attached hydrogens (tertiary/aromatic N) is 2. The van der Waals surface area contributed by atoms with Crippen molar-refractivity contribution in [3.05, 3.63) is 62.4 Å². The predicted molar refractivity (Wildman–Crippen MR) is 109 cm³/mol. The molecule has 2 heterocycles. The number of methoxy groups -OCH3 is 1. The quantitative estimate of drug-likeness (QED) is 0.197. The molecule has 0 radical (unpaired) electrons. The highest BCUT2D eigenvalue weighted by Gasteiger charge is 2.70. The van der Waals surface area contributed by atoms with Crippen LogP contribution >= 0.6 is 0 Å². The molecule has 1 aromatic carbocycles. The molecule has 1 fully saturated rings. The van der Waals surface area contributed by atoms with E-state index in [2.05, 4.69) is 0 Å². The number of ether oxygens (including phenoxy) is 2. The van der Waals surface area contributed by atoms with Crippen molar-refractivity contribution in [2.24, 2.45) is 0 Å². The van der Waals surface area contributed by atoms with Crippen molar-refractivity contribution < 1.29 is 39.5 Å². The second-order valence-corrected chi connectivity index (χ2v) is 7.79. The topological polar surface area (TPSA) is 178 Å². The molecule has 12 nitrogen and oxygen atoms in total. The van der Waals surface area contributed by atoms with Crippen LogP contribution in [0.3, 0.4) is 0 Å². The van der Waals surface area contributed by atoms with Gasteiger partial charge in [-0.1, -0.05) is 19.1 Å². The first-order valence-corrected chi connectivity index (χ1v) is 9.96. The molecule has 33 heavy (non-hydrogen) atoms. The maximum absolute atomic E-state index is 13.2. The molecule has 1 saturated heterocycles. The lowest BCUT2D eigenvalue weighted by molar-refractivity contribution is -0.413. The fourth-order valence-electron chi connectivity index (χ4n) is 3.68. The van der Waals surface area contributed by atoms with E-state index in [0.29, 0.717) is 15.9 Å². The summed E-state index contributed by atoms with van der Waals surface area (Å²) in [4.78, 5) is 26.5. The predicted octanol–water partition coefficient (Wildman–Crippen LogP) is -1.45. The Morgan fingerprint density at radius 1 is 1.30 bits per heavy atom. The number of halogens is 1. The second-order valence-electron chi connectivity index (χ2n) is 7.79. The summed E-state index contributed by atoms with van der Waals surface area (Å²) >= 11 is 0. The summed E-state index contributed by atoms with van der Waals surface area (Å²) in [5, 5.41) is 53.8. The third-order valence-corrected chi connectivity index (χ3v) is 5.68. The van der Waals surface area contributed by atoms with Crippen LogP contribution in [-0.2, 0) is 17.2 Å². The maximum atomic E-state index is 13.2. The van der Waals surface area contributed by atoms with Gasteiger partial charge in [0, 0.05) is 17.7 Å². The van der Waals surface area contributed by atoms with Gasteiger partial charge < -0.3 is 35.1 Å². The van der Waals surface area contributed by atoms with Crippen molar-refractivity contribution in [2.75, 3.05) is 20.4 Å². The fraction of sp³-hybridized carbons (Fsp3) is 0.500. The largest absolute Gasteiger partial charge is 0.497 e. The number of hydroxylamine groups is 2. The summed E-state index contributed by atoms with van der Waals surface area (Å²) in [6.07, 6.45) is -3.01. The fourth-order valence-corrected chi connectivity index (χ4v) is 3.68. The Bertz CT molecular complexity index is 1090. The Kier molecular flexibility index (Phi) is 7.04. The van der Waals surface area contributed by atoms with E-state index in [1.165, 1.54) is 26.2 Å². The van der Waals surface area contributed by atoms with Crippen LogP contribution in [0.2, 0.25) is 0 Å². The Morgan fingerprint density at radius 2 is 1.94 bits per heavy atom. The zero-order valence-electron chi connectivity index (χ0n) is 17.9. The van der Waals surface area contributed by atoms with E-state index in [9.17, 15) is 39.6 Å². The number of aliphatic hydroxyl groups is 4. The molecule has 5 atom stereocenters. The summed E-state index contributed by atoms with van der Waals surface area (Å²) in [7, 11) is 1.46. The highest BCUT2D eigenvalue weighted by atomic mass is 19.1. The normalized spacial score (nSPS) is 28.3. The summed E-state index contributed by atoms with van der Waals surface area (Å²) < 4.78 is 23.8. The third-order valence-electron chi connectivity index (χ3n) is 5.68. The van der Waals surface area contributed by atoms with Crippen molar-refractivity contribution in [1.82, 2.24) is 14.6 Å². The molecule has 13 heteroatoms. The van der Waals surface area contributed by atoms with Gasteiger partial charge in [0.05, 0.1) is 26.9 Å². The van der Waals surface area contributed by atoms with E-state index >= 15 is 0 Å². The molecule has 2 aromatic rings. The number of hydrogen-bond donors (Lipinski definition) is 6. The number of alkyl halides is 1. The Labute approximate surface area is 186 Å². The van der Waals surface area contributed by atoms with Crippen molar-refractivity contribution in [3.8, 4) is 5.75 Å². The van der Waals surface area contributed by atoms with Gasteiger partial charge in [0.2, 0.25) is 5.72 Å². The highest BCUT2D eigenvalue weighted by Crippen LogP contribution is 2.43. The lowest BCUT2D eigenvalue weighted by atomic mass is 9.99. The molecule has 1 aliphatic heterocycles. The average Bonchev–Trinajstić information content (AvgIpc) is 3.01. The molecular weight excluding hydrogens is 445 g/mol. The number of hydrogen-bond acceptors (Lipinski definition) is 10. The van der Waals surface area contributed by atoms with Gasteiger partial charge in [-0.3, -0.25) is 14.2 Å². The molecule has 0 bridgehead atoms. The van der Waals surface area contributed by atoms with Gasteiger partial charge in [-0.2, -0.15) is 0 Å². The molecule has 6 N–H and O–H groups in total. The number of aromatic amines is 1. The second kappa shape index (κ2) is 9.30. The summed E-state index contributed by atoms with van der Waals surface area (Å²) in [5.74, 6) is -3.69. The molecule has 3 rings (SSSR count). The smallest absolute Gasteiger partial charge is 0.332 e. The first-order chi connectivity index (χ1) is 15.5. The van der Waals surface area contributed by atoms with Gasteiger partial charge >= 0.3 is 11.6 Å². The molecule has 0 aliphatic carbocycles. The Hall–Kier alpha value is -2.65. The maximum Gasteiger partial charge on any atom is 0.332 e. The zero-order chi connectivity index (χ0) is 24.6. The van der Waals surface area contributed by atoms with Gasteiger partial charge in [0.25, 0.3) is 5.56 Å². The lowest BCUT2D eigenvalue weighted by Gasteiger charge is -2.42. The Balaban J connectivity index is 2.11. The van der Waals surface area contributed by atoms with Crippen LogP contribution in [0.4, 0.5) is 4.39 Å². The van der Waals surface area contributed by atoms with E-state index < -0.39 is 60.8 Å². The van der Waals surface area contributed by atoms with Crippen molar-refractivity contribution >= 4 is 0 Å². The van der Waals surface area contributed by atoms with Gasteiger partial charge in [0.1, 0.15) is 18.0 Å². The van der Waals surface area contributed by atoms with Crippen molar-refractivity contribution in [1.29, 1.82) is 0 Å². The van der Waals surface area contributed by atoms with E-state index in [1.807, 2.05) is 4.98 Å². The monoisotopic (exact) mass is 471 g/mol. The molecular formula is C20H26FN3O9. The SMILES string of the molecule is COc1ccc(CN(O)[C@@]2(O)[C@H](O)[C@@H](CO)O[C@@]2(O)n2cc(C(C)CF)c(=O)[nH]c2=O)cc1. The van der Waals surface area contributed by atoms with Crippen LogP contribution in [0.1, 0.15) is 24.0 Å². The minimum absolute atomic E-state index is 0.144. The molecule has 182 valence electrons. The number of benzene rings is 1. The first kappa shape index (κ1) is 25.0. The minimum atomic E-state index is -3.20. The average molecular weight is 471 g/mol.